The Bertz CT molecular complexity index is 893. The van der Waals surface area contributed by atoms with Crippen molar-refractivity contribution in [2.75, 3.05) is 12.3 Å². The Kier molecular flexibility index (Phi) is 5.60. The fourth-order valence-electron chi connectivity index (χ4n) is 2.30. The Morgan fingerprint density at radius 3 is 3.04 bits per heavy atom. The van der Waals surface area contributed by atoms with E-state index < -0.39 is 5.82 Å². The molecule has 0 radical (unpaired) electrons. The Balaban J connectivity index is 1.49. The second-order valence-electron chi connectivity index (χ2n) is 5.29. The van der Waals surface area contributed by atoms with Crippen molar-refractivity contribution in [3.05, 3.63) is 51.0 Å². The Morgan fingerprint density at radius 2 is 2.25 bits per heavy atom. The molecular formula is C16H17FN4OS2. The van der Waals surface area contributed by atoms with Crippen molar-refractivity contribution in [3.63, 3.8) is 0 Å². The van der Waals surface area contributed by atoms with Crippen LogP contribution in [0.3, 0.4) is 0 Å². The fourth-order valence-corrected chi connectivity index (χ4v) is 4.13. The summed E-state index contributed by atoms with van der Waals surface area (Å²) in [6.07, 6.45) is 0.968. The van der Waals surface area contributed by atoms with E-state index in [4.69, 9.17) is 0 Å². The van der Waals surface area contributed by atoms with Gasteiger partial charge >= 0.3 is 0 Å². The summed E-state index contributed by atoms with van der Waals surface area (Å²) in [5.41, 5.74) is 0.788. The number of aromatic nitrogens is 3. The molecule has 0 saturated heterocycles. The number of para-hydroxylation sites is 1. The first-order valence-electron chi connectivity index (χ1n) is 7.57. The van der Waals surface area contributed by atoms with E-state index >= 15 is 0 Å². The predicted molar refractivity (Wildman–Crippen MR) is 96.2 cm³/mol. The van der Waals surface area contributed by atoms with Gasteiger partial charge < -0.3 is 10.3 Å². The van der Waals surface area contributed by atoms with Gasteiger partial charge in [0.05, 0.1) is 5.52 Å². The van der Waals surface area contributed by atoms with Crippen LogP contribution in [0.1, 0.15) is 17.1 Å². The van der Waals surface area contributed by atoms with E-state index in [1.165, 1.54) is 12.1 Å². The zero-order valence-corrected chi connectivity index (χ0v) is 14.8. The number of rotatable bonds is 7. The number of hydrogen-bond acceptors (Lipinski definition) is 6. The lowest BCUT2D eigenvalue weighted by atomic mass is 10.2. The van der Waals surface area contributed by atoms with Gasteiger partial charge in [0.15, 0.2) is 9.77 Å². The number of halogens is 1. The van der Waals surface area contributed by atoms with Crippen molar-refractivity contribution in [3.8, 4) is 0 Å². The molecule has 1 aromatic carbocycles. The van der Waals surface area contributed by atoms with Crippen molar-refractivity contribution in [1.82, 2.24) is 20.5 Å². The van der Waals surface area contributed by atoms with Crippen LogP contribution in [0.15, 0.2) is 33.4 Å². The molecular weight excluding hydrogens is 347 g/mol. The van der Waals surface area contributed by atoms with Crippen molar-refractivity contribution < 1.29 is 4.39 Å². The number of nitrogens with zero attached hydrogens (tertiary/aromatic N) is 2. The third kappa shape index (κ3) is 4.19. The number of thioether (sulfide) groups is 1. The molecule has 2 aromatic heterocycles. The molecule has 0 bridgehead atoms. The van der Waals surface area contributed by atoms with E-state index in [1.807, 2.05) is 6.92 Å². The third-order valence-corrected chi connectivity index (χ3v) is 5.47. The molecule has 8 heteroatoms. The molecule has 2 heterocycles. The first kappa shape index (κ1) is 17.1. The monoisotopic (exact) mass is 364 g/mol. The molecule has 0 fully saturated rings. The van der Waals surface area contributed by atoms with Crippen LogP contribution in [0.5, 0.6) is 0 Å². The Morgan fingerprint density at radius 1 is 1.38 bits per heavy atom. The largest absolute Gasteiger partial charge is 0.355 e. The van der Waals surface area contributed by atoms with Gasteiger partial charge in [0, 0.05) is 29.4 Å². The highest BCUT2D eigenvalue weighted by Crippen LogP contribution is 2.22. The summed E-state index contributed by atoms with van der Waals surface area (Å²) in [4.78, 5) is 15.0. The summed E-state index contributed by atoms with van der Waals surface area (Å²) >= 11 is 3.29. The van der Waals surface area contributed by atoms with Gasteiger partial charge in [0.2, 0.25) is 0 Å². The number of aryl methyl sites for hydroxylation is 1. The SMILES string of the molecule is Cc1nnc(SCCCNCc2cc(=O)c3cccc(F)c3[nH]2)s1. The second-order valence-corrected chi connectivity index (χ2v) is 7.81. The van der Waals surface area contributed by atoms with Crippen molar-refractivity contribution in [1.29, 1.82) is 0 Å². The molecule has 0 aliphatic rings. The van der Waals surface area contributed by atoms with E-state index in [2.05, 4.69) is 20.5 Å². The lowest BCUT2D eigenvalue weighted by Crippen LogP contribution is -2.18. The molecule has 0 spiro atoms. The number of benzene rings is 1. The minimum Gasteiger partial charge on any atom is -0.355 e. The normalized spacial score (nSPS) is 11.2. The molecule has 2 N–H and O–H groups in total. The predicted octanol–water partition coefficient (Wildman–Crippen LogP) is 3.10. The van der Waals surface area contributed by atoms with E-state index in [9.17, 15) is 9.18 Å². The molecule has 0 aliphatic carbocycles. The molecule has 0 saturated carbocycles. The summed E-state index contributed by atoms with van der Waals surface area (Å²) in [5.74, 6) is 0.542. The molecule has 0 amide bonds. The zero-order valence-electron chi connectivity index (χ0n) is 13.1. The van der Waals surface area contributed by atoms with Crippen molar-refractivity contribution >= 4 is 34.0 Å². The van der Waals surface area contributed by atoms with Crippen molar-refractivity contribution in [2.24, 2.45) is 0 Å². The quantitative estimate of drug-likeness (QED) is 0.498. The summed E-state index contributed by atoms with van der Waals surface area (Å²) in [6, 6.07) is 6.04. The minimum absolute atomic E-state index is 0.165. The topological polar surface area (TPSA) is 70.7 Å². The molecule has 0 aliphatic heterocycles. The standard InChI is InChI=1S/C16H17FN4OS2/c1-10-20-21-16(24-10)23-7-3-6-18-9-11-8-14(22)12-4-2-5-13(17)15(12)19-11/h2,4-5,8,18H,3,6-7,9H2,1H3,(H,19,22). The molecule has 126 valence electrons. The number of nitrogens with one attached hydrogen (secondary N) is 2. The number of H-pyrrole nitrogens is 1. The number of pyridine rings is 1. The number of hydrogen-bond donors (Lipinski definition) is 2. The van der Waals surface area contributed by atoms with Gasteiger partial charge in [-0.1, -0.05) is 29.2 Å². The van der Waals surface area contributed by atoms with E-state index in [0.717, 1.165) is 28.1 Å². The lowest BCUT2D eigenvalue weighted by molar-refractivity contribution is 0.633. The van der Waals surface area contributed by atoms with Crippen LogP contribution in [0, 0.1) is 12.7 Å². The summed E-state index contributed by atoms with van der Waals surface area (Å²) in [6.45, 7) is 3.25. The summed E-state index contributed by atoms with van der Waals surface area (Å²) in [5, 5.41) is 12.7. The van der Waals surface area contributed by atoms with Crippen LogP contribution in [0.4, 0.5) is 4.39 Å². The Hall–Kier alpha value is -1.77. The van der Waals surface area contributed by atoms with Crippen molar-refractivity contribution in [2.45, 2.75) is 24.2 Å². The third-order valence-electron chi connectivity index (χ3n) is 3.42. The molecule has 0 unspecified atom stereocenters. The van der Waals surface area contributed by atoms with Gasteiger partial charge in [-0.05, 0) is 32.0 Å². The molecule has 3 aromatic rings. The first-order valence-corrected chi connectivity index (χ1v) is 9.38. The van der Waals surface area contributed by atoms with Crippen LogP contribution < -0.4 is 10.7 Å². The van der Waals surface area contributed by atoms with E-state index in [0.29, 0.717) is 17.6 Å². The highest BCUT2D eigenvalue weighted by atomic mass is 32.2. The zero-order chi connectivity index (χ0) is 16.9. The van der Waals surface area contributed by atoms with Gasteiger partial charge in [-0.3, -0.25) is 4.79 Å². The Labute approximate surface area is 146 Å². The van der Waals surface area contributed by atoms with Gasteiger partial charge in [-0.25, -0.2) is 4.39 Å². The smallest absolute Gasteiger partial charge is 0.189 e. The highest BCUT2D eigenvalue weighted by molar-refractivity contribution is 8.01. The van der Waals surface area contributed by atoms with Gasteiger partial charge in [0.25, 0.3) is 0 Å². The summed E-state index contributed by atoms with van der Waals surface area (Å²) < 4.78 is 14.8. The van der Waals surface area contributed by atoms with Gasteiger partial charge in [-0.2, -0.15) is 0 Å². The van der Waals surface area contributed by atoms with Crippen LogP contribution in [0.25, 0.3) is 10.9 Å². The molecule has 24 heavy (non-hydrogen) atoms. The van der Waals surface area contributed by atoms with Crippen LogP contribution >= 0.6 is 23.1 Å². The van der Waals surface area contributed by atoms with Crippen LogP contribution in [0.2, 0.25) is 0 Å². The fraction of sp³-hybridized carbons (Fsp3) is 0.312. The number of aromatic amines is 1. The van der Waals surface area contributed by atoms with E-state index in [1.54, 1.807) is 35.2 Å². The second kappa shape index (κ2) is 7.87. The van der Waals surface area contributed by atoms with Crippen LogP contribution in [-0.2, 0) is 6.54 Å². The maximum absolute atomic E-state index is 13.8. The average Bonchev–Trinajstić information content (AvgIpc) is 2.97. The maximum Gasteiger partial charge on any atom is 0.189 e. The van der Waals surface area contributed by atoms with Gasteiger partial charge in [-0.15, -0.1) is 10.2 Å². The highest BCUT2D eigenvalue weighted by Gasteiger charge is 2.06. The van der Waals surface area contributed by atoms with E-state index in [-0.39, 0.29) is 10.9 Å². The average molecular weight is 364 g/mol. The summed E-state index contributed by atoms with van der Waals surface area (Å²) in [7, 11) is 0. The van der Waals surface area contributed by atoms with Gasteiger partial charge in [0.1, 0.15) is 10.8 Å². The molecule has 3 rings (SSSR count). The first-order chi connectivity index (χ1) is 11.6. The minimum atomic E-state index is -0.407. The molecule has 0 atom stereocenters. The number of fused-ring (bicyclic) bond motifs is 1. The lowest BCUT2D eigenvalue weighted by Gasteiger charge is -2.07. The maximum atomic E-state index is 13.8. The molecule has 5 nitrogen and oxygen atoms in total. The van der Waals surface area contributed by atoms with Crippen LogP contribution in [-0.4, -0.2) is 27.5 Å².